The zero-order valence-corrected chi connectivity index (χ0v) is 11.5. The summed E-state index contributed by atoms with van der Waals surface area (Å²) in [7, 11) is 0. The van der Waals surface area contributed by atoms with Crippen molar-refractivity contribution < 1.29 is 4.79 Å². The van der Waals surface area contributed by atoms with Crippen molar-refractivity contribution in [3.05, 3.63) is 48.8 Å². The highest BCUT2D eigenvalue weighted by atomic mass is 16.2. The highest BCUT2D eigenvalue weighted by molar-refractivity contribution is 5.97. The van der Waals surface area contributed by atoms with Gasteiger partial charge in [0.25, 0.3) is 0 Å². The van der Waals surface area contributed by atoms with Gasteiger partial charge in [-0.1, -0.05) is 18.2 Å². The minimum atomic E-state index is 0.0820. The maximum Gasteiger partial charge on any atom is 0.228 e. The maximum atomic E-state index is 11.8. The van der Waals surface area contributed by atoms with Crippen molar-refractivity contribution in [2.45, 2.75) is 12.8 Å². The highest BCUT2D eigenvalue weighted by Crippen LogP contribution is 2.31. The lowest BCUT2D eigenvalue weighted by atomic mass is 10.1. The lowest BCUT2D eigenvalue weighted by molar-refractivity contribution is -0.117. The summed E-state index contributed by atoms with van der Waals surface area (Å²) in [6.45, 7) is 0. The van der Waals surface area contributed by atoms with Gasteiger partial charge in [0.05, 0.1) is 0 Å². The minimum Gasteiger partial charge on any atom is -0.361 e. The van der Waals surface area contributed by atoms with Crippen molar-refractivity contribution in [1.82, 2.24) is 9.97 Å². The molecule has 1 amide bonds. The van der Waals surface area contributed by atoms with Gasteiger partial charge in [-0.25, -0.2) is 4.98 Å². The first-order valence-electron chi connectivity index (χ1n) is 7.15. The van der Waals surface area contributed by atoms with Crippen LogP contribution >= 0.6 is 0 Å². The molecule has 104 valence electrons. The van der Waals surface area contributed by atoms with Crippen molar-refractivity contribution in [2.75, 3.05) is 5.32 Å². The minimum absolute atomic E-state index is 0.0820. The molecule has 3 aromatic rings. The van der Waals surface area contributed by atoms with Crippen LogP contribution in [0.5, 0.6) is 0 Å². The van der Waals surface area contributed by atoms with Crippen LogP contribution in [0.25, 0.3) is 22.0 Å². The third kappa shape index (κ3) is 2.29. The van der Waals surface area contributed by atoms with Crippen molar-refractivity contribution in [3.8, 4) is 11.1 Å². The Hall–Kier alpha value is -2.62. The van der Waals surface area contributed by atoms with Gasteiger partial charge in [-0.15, -0.1) is 0 Å². The molecule has 2 aromatic heterocycles. The number of aromatic amines is 1. The third-order valence-electron chi connectivity index (χ3n) is 3.86. The summed E-state index contributed by atoms with van der Waals surface area (Å²) in [5.41, 5.74) is 3.27. The van der Waals surface area contributed by atoms with Gasteiger partial charge in [0.15, 0.2) is 0 Å². The number of rotatable bonds is 3. The lowest BCUT2D eigenvalue weighted by Crippen LogP contribution is -2.14. The molecule has 21 heavy (non-hydrogen) atoms. The largest absolute Gasteiger partial charge is 0.361 e. The Morgan fingerprint density at radius 2 is 2.10 bits per heavy atom. The Bertz CT molecular complexity index is 818. The molecule has 0 atom stereocenters. The number of anilines is 1. The summed E-state index contributed by atoms with van der Waals surface area (Å²) in [5.74, 6) is 0.886. The number of hydrogen-bond acceptors (Lipinski definition) is 2. The van der Waals surface area contributed by atoms with Gasteiger partial charge in [-0.2, -0.15) is 0 Å². The van der Waals surface area contributed by atoms with E-state index in [1.807, 2.05) is 30.5 Å². The molecule has 0 radical (unpaired) electrons. The predicted molar refractivity (Wildman–Crippen MR) is 82.9 cm³/mol. The number of para-hydroxylation sites is 1. The molecule has 4 nitrogen and oxygen atoms in total. The molecule has 0 saturated heterocycles. The summed E-state index contributed by atoms with van der Waals surface area (Å²) >= 11 is 0. The van der Waals surface area contributed by atoms with Gasteiger partial charge in [-0.05, 0) is 36.6 Å². The molecule has 4 heteroatoms. The molecule has 1 saturated carbocycles. The van der Waals surface area contributed by atoms with E-state index in [1.54, 1.807) is 6.20 Å². The van der Waals surface area contributed by atoms with Crippen LogP contribution in [0.2, 0.25) is 0 Å². The number of pyridine rings is 1. The molecule has 1 aliphatic carbocycles. The fourth-order valence-electron chi connectivity index (χ4n) is 2.55. The van der Waals surface area contributed by atoms with Crippen molar-refractivity contribution in [3.63, 3.8) is 0 Å². The van der Waals surface area contributed by atoms with Crippen LogP contribution < -0.4 is 5.32 Å². The van der Waals surface area contributed by atoms with Crippen LogP contribution in [0.4, 0.5) is 5.82 Å². The van der Waals surface area contributed by atoms with Crippen LogP contribution in [-0.4, -0.2) is 15.9 Å². The zero-order chi connectivity index (χ0) is 14.2. The third-order valence-corrected chi connectivity index (χ3v) is 3.86. The van der Waals surface area contributed by atoms with Crippen LogP contribution in [0, 0.1) is 5.92 Å². The molecular weight excluding hydrogens is 262 g/mol. The molecule has 2 N–H and O–H groups in total. The van der Waals surface area contributed by atoms with Crippen LogP contribution in [0.1, 0.15) is 12.8 Å². The van der Waals surface area contributed by atoms with Crippen molar-refractivity contribution >= 4 is 22.6 Å². The molecule has 0 spiro atoms. The smallest absolute Gasteiger partial charge is 0.228 e. The molecule has 0 unspecified atom stereocenters. The Kier molecular flexibility index (Phi) is 2.74. The fraction of sp³-hybridized carbons (Fsp3) is 0.176. The number of H-pyrrole nitrogens is 1. The van der Waals surface area contributed by atoms with E-state index in [9.17, 15) is 4.79 Å². The van der Waals surface area contributed by atoms with Crippen molar-refractivity contribution in [2.24, 2.45) is 5.92 Å². The average Bonchev–Trinajstić information content (AvgIpc) is 3.27. The number of nitrogens with one attached hydrogen (secondary N) is 2. The summed E-state index contributed by atoms with van der Waals surface area (Å²) < 4.78 is 0. The average molecular weight is 277 g/mol. The normalized spacial score (nSPS) is 14.3. The van der Waals surface area contributed by atoms with E-state index < -0.39 is 0 Å². The number of carbonyl (C=O) groups is 1. The van der Waals surface area contributed by atoms with Gasteiger partial charge in [-0.3, -0.25) is 4.79 Å². The molecule has 0 bridgehead atoms. The molecule has 0 aliphatic heterocycles. The lowest BCUT2D eigenvalue weighted by Gasteiger charge is -2.05. The summed E-state index contributed by atoms with van der Waals surface area (Å²) in [5, 5.41) is 4.06. The number of nitrogens with zero attached hydrogens (tertiary/aromatic N) is 1. The van der Waals surface area contributed by atoms with Gasteiger partial charge in [0.1, 0.15) is 5.82 Å². The topological polar surface area (TPSA) is 57.8 Å². The molecule has 1 fully saturated rings. The Morgan fingerprint density at radius 3 is 2.95 bits per heavy atom. The van der Waals surface area contributed by atoms with E-state index in [1.165, 1.54) is 5.39 Å². The number of carbonyl (C=O) groups excluding carboxylic acids is 1. The Morgan fingerprint density at radius 1 is 1.24 bits per heavy atom. The molecule has 2 heterocycles. The number of fused-ring (bicyclic) bond motifs is 1. The number of amides is 1. The first-order chi connectivity index (χ1) is 10.3. The monoisotopic (exact) mass is 277 g/mol. The molecular formula is C17H15N3O. The standard InChI is InChI=1S/C17H15N3O/c21-17(11-5-6-11)20-16-9-12(7-8-18-16)14-10-19-15-4-2-1-3-13(14)15/h1-4,7-11,19H,5-6H2,(H,18,20,21). The molecule has 1 aromatic carbocycles. The highest BCUT2D eigenvalue weighted by Gasteiger charge is 2.29. The van der Waals surface area contributed by atoms with E-state index in [2.05, 4.69) is 27.4 Å². The molecule has 1 aliphatic rings. The predicted octanol–water partition coefficient (Wildman–Crippen LogP) is 3.58. The first kappa shape index (κ1) is 12.1. The number of hydrogen-bond donors (Lipinski definition) is 2. The maximum absolute atomic E-state index is 11.8. The summed E-state index contributed by atoms with van der Waals surface area (Å²) in [6.07, 6.45) is 5.72. The Balaban J connectivity index is 1.70. The quantitative estimate of drug-likeness (QED) is 0.768. The van der Waals surface area contributed by atoms with Crippen molar-refractivity contribution in [1.29, 1.82) is 0 Å². The second kappa shape index (κ2) is 4.74. The van der Waals surface area contributed by atoms with Crippen LogP contribution in [0.15, 0.2) is 48.8 Å². The van der Waals surface area contributed by atoms with Gasteiger partial charge in [0, 0.05) is 34.8 Å². The van der Waals surface area contributed by atoms with E-state index in [0.717, 1.165) is 29.5 Å². The number of aromatic nitrogens is 2. The number of benzene rings is 1. The van der Waals surface area contributed by atoms with Gasteiger partial charge in [0.2, 0.25) is 5.91 Å². The SMILES string of the molecule is O=C(Nc1cc(-c2c[nH]c3ccccc23)ccn1)C1CC1. The van der Waals surface area contributed by atoms with Gasteiger partial charge < -0.3 is 10.3 Å². The summed E-state index contributed by atoms with van der Waals surface area (Å²) in [4.78, 5) is 19.3. The Labute approximate surface area is 122 Å². The van der Waals surface area contributed by atoms with E-state index in [4.69, 9.17) is 0 Å². The van der Waals surface area contributed by atoms with E-state index in [0.29, 0.717) is 5.82 Å². The summed E-state index contributed by atoms with van der Waals surface area (Å²) in [6, 6.07) is 12.1. The van der Waals surface area contributed by atoms with Crippen LogP contribution in [0.3, 0.4) is 0 Å². The van der Waals surface area contributed by atoms with E-state index in [-0.39, 0.29) is 11.8 Å². The van der Waals surface area contributed by atoms with E-state index >= 15 is 0 Å². The first-order valence-corrected chi connectivity index (χ1v) is 7.15. The second-order valence-electron chi connectivity index (χ2n) is 5.44. The fourth-order valence-corrected chi connectivity index (χ4v) is 2.55. The van der Waals surface area contributed by atoms with Crippen LogP contribution in [-0.2, 0) is 4.79 Å². The second-order valence-corrected chi connectivity index (χ2v) is 5.44. The zero-order valence-electron chi connectivity index (χ0n) is 11.5. The van der Waals surface area contributed by atoms with Gasteiger partial charge >= 0.3 is 0 Å². The molecule has 4 rings (SSSR count).